The average molecular weight is 234 g/mol. The fourth-order valence-corrected chi connectivity index (χ4v) is 1.53. The van der Waals surface area contributed by atoms with Crippen LogP contribution in [0.3, 0.4) is 0 Å². The van der Waals surface area contributed by atoms with E-state index in [4.69, 9.17) is 15.3 Å². The van der Waals surface area contributed by atoms with Gasteiger partial charge in [-0.3, -0.25) is 4.79 Å². The van der Waals surface area contributed by atoms with Crippen LogP contribution in [0.25, 0.3) is 0 Å². The van der Waals surface area contributed by atoms with Gasteiger partial charge in [0.2, 0.25) is 0 Å². The summed E-state index contributed by atoms with van der Waals surface area (Å²) < 4.78 is 0. The number of aliphatic hydroxyl groups is 2. The molecule has 4 nitrogen and oxygen atoms in total. The van der Waals surface area contributed by atoms with Crippen LogP contribution in [-0.2, 0) is 4.79 Å². The van der Waals surface area contributed by atoms with E-state index in [1.54, 1.807) is 0 Å². The van der Waals surface area contributed by atoms with Crippen LogP contribution < -0.4 is 0 Å². The molecule has 0 aromatic carbocycles. The van der Waals surface area contributed by atoms with Crippen molar-refractivity contribution in [3.8, 4) is 0 Å². The molecule has 16 heavy (non-hydrogen) atoms. The van der Waals surface area contributed by atoms with Gasteiger partial charge < -0.3 is 15.3 Å². The Morgan fingerprint density at radius 2 is 1.50 bits per heavy atom. The van der Waals surface area contributed by atoms with Crippen LogP contribution in [0.15, 0.2) is 0 Å². The van der Waals surface area contributed by atoms with E-state index in [1.165, 1.54) is 0 Å². The molecule has 0 aromatic rings. The van der Waals surface area contributed by atoms with Gasteiger partial charge in [-0.05, 0) is 19.3 Å². The third-order valence-electron chi connectivity index (χ3n) is 2.92. The van der Waals surface area contributed by atoms with Crippen molar-refractivity contribution in [2.75, 3.05) is 13.2 Å². The second-order valence-corrected chi connectivity index (χ2v) is 3.84. The van der Waals surface area contributed by atoms with Crippen molar-refractivity contribution in [1.82, 2.24) is 0 Å². The molecule has 0 bridgehead atoms. The highest BCUT2D eigenvalue weighted by Gasteiger charge is 2.33. The largest absolute Gasteiger partial charge is 0.481 e. The molecular weight excluding hydrogens is 208 g/mol. The smallest absolute Gasteiger partial charge is 0.309 e. The van der Waals surface area contributed by atoms with Gasteiger partial charge >= 0.3 is 5.97 Å². The van der Waals surface area contributed by atoms with Crippen LogP contribution >= 0.6 is 0 Å². The summed E-state index contributed by atoms with van der Waals surface area (Å²) in [6.45, 7) is 5.78. The van der Waals surface area contributed by atoms with Gasteiger partial charge in [-0.15, -0.1) is 0 Å². The third-order valence-corrected chi connectivity index (χ3v) is 2.92. The number of carboxylic acid groups (broad SMARTS) is 1. The van der Waals surface area contributed by atoms with Crippen molar-refractivity contribution >= 4 is 5.97 Å². The first-order valence-corrected chi connectivity index (χ1v) is 5.99. The van der Waals surface area contributed by atoms with E-state index in [1.807, 2.05) is 13.8 Å². The first-order chi connectivity index (χ1) is 7.54. The summed E-state index contributed by atoms with van der Waals surface area (Å²) in [4.78, 5) is 11.0. The fraction of sp³-hybridized carbons (Fsp3) is 0.917. The summed E-state index contributed by atoms with van der Waals surface area (Å²) in [5.74, 6) is -0.624. The molecule has 0 spiro atoms. The Morgan fingerprint density at radius 1 is 1.06 bits per heavy atom. The first kappa shape index (κ1) is 17.8. The Morgan fingerprint density at radius 3 is 1.69 bits per heavy atom. The monoisotopic (exact) mass is 234 g/mol. The SMILES string of the molecule is CCCCC(CC)(CC)C(=O)O.OCCO. The summed E-state index contributed by atoms with van der Waals surface area (Å²) in [5.41, 5.74) is -0.448. The van der Waals surface area contributed by atoms with E-state index in [0.717, 1.165) is 32.1 Å². The lowest BCUT2D eigenvalue weighted by molar-refractivity contribution is -0.150. The number of hydrogen-bond donors (Lipinski definition) is 3. The molecule has 0 radical (unpaired) electrons. The van der Waals surface area contributed by atoms with Crippen molar-refractivity contribution < 1.29 is 20.1 Å². The number of aliphatic hydroxyl groups excluding tert-OH is 2. The molecule has 0 amide bonds. The molecule has 0 aliphatic carbocycles. The topological polar surface area (TPSA) is 77.8 Å². The predicted octanol–water partition coefficient (Wildman–Crippen LogP) is 2.04. The Bertz CT molecular complexity index is 162. The number of rotatable bonds is 7. The van der Waals surface area contributed by atoms with Crippen molar-refractivity contribution in [2.45, 2.75) is 52.9 Å². The number of unbranched alkanes of at least 4 members (excludes halogenated alkanes) is 1. The van der Waals surface area contributed by atoms with Crippen LogP contribution in [0.5, 0.6) is 0 Å². The normalized spacial score (nSPS) is 10.6. The number of aliphatic carboxylic acids is 1. The maximum atomic E-state index is 11.0. The maximum Gasteiger partial charge on any atom is 0.309 e. The molecule has 0 aliphatic heterocycles. The predicted molar refractivity (Wildman–Crippen MR) is 64.3 cm³/mol. The van der Waals surface area contributed by atoms with E-state index in [-0.39, 0.29) is 13.2 Å². The highest BCUT2D eigenvalue weighted by atomic mass is 16.4. The van der Waals surface area contributed by atoms with Crippen molar-refractivity contribution in [3.05, 3.63) is 0 Å². The van der Waals surface area contributed by atoms with Crippen molar-refractivity contribution in [2.24, 2.45) is 5.41 Å². The third kappa shape index (κ3) is 6.80. The molecule has 0 fully saturated rings. The van der Waals surface area contributed by atoms with Gasteiger partial charge in [0, 0.05) is 0 Å². The van der Waals surface area contributed by atoms with Crippen LogP contribution in [-0.4, -0.2) is 34.5 Å². The zero-order chi connectivity index (χ0) is 13.0. The Kier molecular flexibility index (Phi) is 12.1. The lowest BCUT2D eigenvalue weighted by atomic mass is 9.78. The zero-order valence-corrected chi connectivity index (χ0v) is 10.7. The van der Waals surface area contributed by atoms with Crippen molar-refractivity contribution in [3.63, 3.8) is 0 Å². The lowest BCUT2D eigenvalue weighted by Gasteiger charge is -2.26. The fourth-order valence-electron chi connectivity index (χ4n) is 1.53. The lowest BCUT2D eigenvalue weighted by Crippen LogP contribution is -2.29. The Hall–Kier alpha value is -0.610. The van der Waals surface area contributed by atoms with E-state index in [2.05, 4.69) is 6.92 Å². The quantitative estimate of drug-likeness (QED) is 0.630. The molecule has 0 saturated heterocycles. The van der Waals surface area contributed by atoms with Gasteiger partial charge in [-0.1, -0.05) is 33.6 Å². The molecule has 0 saturated carbocycles. The minimum atomic E-state index is -0.624. The summed E-state index contributed by atoms with van der Waals surface area (Å²) in [6, 6.07) is 0. The molecule has 3 N–H and O–H groups in total. The molecule has 98 valence electrons. The van der Waals surface area contributed by atoms with E-state index >= 15 is 0 Å². The van der Waals surface area contributed by atoms with E-state index in [9.17, 15) is 4.79 Å². The molecular formula is C12H26O4. The molecule has 0 atom stereocenters. The van der Waals surface area contributed by atoms with Gasteiger partial charge in [-0.25, -0.2) is 0 Å². The van der Waals surface area contributed by atoms with Crippen molar-refractivity contribution in [1.29, 1.82) is 0 Å². The van der Waals surface area contributed by atoms with Gasteiger partial charge in [0.1, 0.15) is 0 Å². The van der Waals surface area contributed by atoms with E-state index < -0.39 is 11.4 Å². The standard InChI is InChI=1S/C10H20O2.C2H6O2/c1-4-7-8-10(5-2,6-3)9(11)12;3-1-2-4/h4-8H2,1-3H3,(H,11,12);3-4H,1-2H2. The second kappa shape index (κ2) is 10.9. The maximum absolute atomic E-state index is 11.0. The van der Waals surface area contributed by atoms with Crippen LogP contribution in [0, 0.1) is 5.41 Å². The minimum Gasteiger partial charge on any atom is -0.481 e. The number of carboxylic acids is 1. The molecule has 0 aromatic heterocycles. The Labute approximate surface area is 98.3 Å². The van der Waals surface area contributed by atoms with Gasteiger partial charge in [-0.2, -0.15) is 0 Å². The molecule has 4 heteroatoms. The highest BCUT2D eigenvalue weighted by molar-refractivity contribution is 5.74. The summed E-state index contributed by atoms with van der Waals surface area (Å²) in [5, 5.41) is 24.3. The summed E-state index contributed by atoms with van der Waals surface area (Å²) in [7, 11) is 0. The van der Waals surface area contributed by atoms with Gasteiger partial charge in [0.25, 0.3) is 0 Å². The average Bonchev–Trinajstić information content (AvgIpc) is 2.31. The highest BCUT2D eigenvalue weighted by Crippen LogP contribution is 2.32. The first-order valence-electron chi connectivity index (χ1n) is 5.99. The van der Waals surface area contributed by atoms with E-state index in [0.29, 0.717) is 0 Å². The number of carbonyl (C=O) groups is 1. The molecule has 0 rings (SSSR count). The number of hydrogen-bond acceptors (Lipinski definition) is 3. The Balaban J connectivity index is 0. The van der Waals surface area contributed by atoms with Gasteiger partial charge in [0.05, 0.1) is 18.6 Å². The van der Waals surface area contributed by atoms with Crippen LogP contribution in [0.4, 0.5) is 0 Å². The molecule has 0 aliphatic rings. The second-order valence-electron chi connectivity index (χ2n) is 3.84. The van der Waals surface area contributed by atoms with Gasteiger partial charge in [0.15, 0.2) is 0 Å². The molecule has 0 unspecified atom stereocenters. The minimum absolute atomic E-state index is 0.125. The zero-order valence-electron chi connectivity index (χ0n) is 10.7. The summed E-state index contributed by atoms with van der Waals surface area (Å²) in [6.07, 6.45) is 4.42. The van der Waals surface area contributed by atoms with Crippen LogP contribution in [0.2, 0.25) is 0 Å². The summed E-state index contributed by atoms with van der Waals surface area (Å²) >= 11 is 0. The molecule has 0 heterocycles. The van der Waals surface area contributed by atoms with Crippen LogP contribution in [0.1, 0.15) is 52.9 Å².